The Kier molecular flexibility index (Phi) is 5.09. The van der Waals surface area contributed by atoms with Crippen molar-refractivity contribution >= 4 is 17.5 Å². The molecule has 2 aromatic rings. The molecule has 2 rings (SSSR count). The lowest BCUT2D eigenvalue weighted by Gasteiger charge is -2.03. The van der Waals surface area contributed by atoms with Gasteiger partial charge in [-0.25, -0.2) is 4.68 Å². The lowest BCUT2D eigenvalue weighted by molar-refractivity contribution is 0.0932. The summed E-state index contributed by atoms with van der Waals surface area (Å²) in [5.41, 5.74) is 1.16. The number of nitrogens with one attached hydrogen (secondary N) is 1. The highest BCUT2D eigenvalue weighted by Crippen LogP contribution is 2.14. The number of methoxy groups -OCH3 is 1. The van der Waals surface area contributed by atoms with Gasteiger partial charge in [0.1, 0.15) is 0 Å². The first-order valence-electron chi connectivity index (χ1n) is 6.12. The summed E-state index contributed by atoms with van der Waals surface area (Å²) in [6, 6.07) is 9.70. The topological polar surface area (TPSA) is 69.0 Å². The summed E-state index contributed by atoms with van der Waals surface area (Å²) in [5.74, 6) is -0.355. The quantitative estimate of drug-likeness (QED) is 0.817. The van der Waals surface area contributed by atoms with Gasteiger partial charge >= 0.3 is 0 Å². The van der Waals surface area contributed by atoms with Crippen LogP contribution in [0.1, 0.15) is 16.1 Å². The number of halogens is 1. The standard InChI is InChI=1S/C13H15ClN4O2/c1-20-8-7-15-13(19)11-12(14)18(17-16-11)9-10-5-3-2-4-6-10/h2-6H,7-9H2,1H3,(H,15,19). The predicted octanol–water partition coefficient (Wildman–Crippen LogP) is 1.36. The second-order valence-corrected chi connectivity index (χ2v) is 4.48. The number of nitrogens with zero attached hydrogens (tertiary/aromatic N) is 3. The van der Waals surface area contributed by atoms with Gasteiger partial charge in [-0.1, -0.05) is 47.1 Å². The zero-order valence-corrected chi connectivity index (χ0v) is 11.8. The van der Waals surface area contributed by atoms with Crippen molar-refractivity contribution in [2.45, 2.75) is 6.54 Å². The van der Waals surface area contributed by atoms with Gasteiger partial charge in [-0.15, -0.1) is 5.10 Å². The fourth-order valence-corrected chi connectivity index (χ4v) is 1.87. The number of rotatable bonds is 6. The molecule has 106 valence electrons. The van der Waals surface area contributed by atoms with Gasteiger partial charge in [0.15, 0.2) is 10.8 Å². The van der Waals surface area contributed by atoms with Gasteiger partial charge in [-0.05, 0) is 5.56 Å². The molecule has 20 heavy (non-hydrogen) atoms. The van der Waals surface area contributed by atoms with Crippen molar-refractivity contribution in [1.82, 2.24) is 20.3 Å². The van der Waals surface area contributed by atoms with Crippen LogP contribution in [0.25, 0.3) is 0 Å². The van der Waals surface area contributed by atoms with Gasteiger partial charge < -0.3 is 10.1 Å². The number of amides is 1. The molecule has 1 aromatic carbocycles. The summed E-state index contributed by atoms with van der Waals surface area (Å²) < 4.78 is 6.34. The van der Waals surface area contributed by atoms with E-state index in [-0.39, 0.29) is 16.8 Å². The molecule has 0 saturated heterocycles. The normalized spacial score (nSPS) is 10.5. The summed E-state index contributed by atoms with van der Waals surface area (Å²) >= 11 is 6.13. The van der Waals surface area contributed by atoms with Crippen LogP contribution in [0.5, 0.6) is 0 Å². The summed E-state index contributed by atoms with van der Waals surface area (Å²) in [4.78, 5) is 11.8. The first-order valence-corrected chi connectivity index (χ1v) is 6.50. The Hall–Kier alpha value is -1.92. The molecule has 0 aliphatic carbocycles. The van der Waals surface area contributed by atoms with E-state index >= 15 is 0 Å². The molecule has 0 saturated carbocycles. The van der Waals surface area contributed by atoms with Crippen molar-refractivity contribution in [3.8, 4) is 0 Å². The van der Waals surface area contributed by atoms with Gasteiger partial charge in [0, 0.05) is 13.7 Å². The predicted molar refractivity (Wildman–Crippen MR) is 74.8 cm³/mol. The number of aromatic nitrogens is 3. The molecular formula is C13H15ClN4O2. The maximum Gasteiger partial charge on any atom is 0.275 e. The minimum absolute atomic E-state index is 0.124. The smallest absolute Gasteiger partial charge is 0.275 e. The van der Waals surface area contributed by atoms with Crippen LogP contribution in [0.15, 0.2) is 30.3 Å². The minimum atomic E-state index is -0.355. The number of carbonyl (C=O) groups excluding carboxylic acids is 1. The Morgan fingerprint density at radius 3 is 2.85 bits per heavy atom. The van der Waals surface area contributed by atoms with Crippen LogP contribution < -0.4 is 5.32 Å². The van der Waals surface area contributed by atoms with E-state index in [0.29, 0.717) is 19.7 Å². The summed E-state index contributed by atoms with van der Waals surface area (Å²) in [6.07, 6.45) is 0. The fourth-order valence-electron chi connectivity index (χ4n) is 1.65. The zero-order chi connectivity index (χ0) is 14.4. The number of benzene rings is 1. The average Bonchev–Trinajstić information content (AvgIpc) is 2.82. The van der Waals surface area contributed by atoms with Gasteiger partial charge in [-0.2, -0.15) is 0 Å². The Morgan fingerprint density at radius 2 is 2.15 bits per heavy atom. The molecule has 0 atom stereocenters. The highest BCUT2D eigenvalue weighted by atomic mass is 35.5. The van der Waals surface area contributed by atoms with Crippen molar-refractivity contribution in [2.24, 2.45) is 0 Å². The molecule has 6 nitrogen and oxygen atoms in total. The van der Waals surface area contributed by atoms with E-state index < -0.39 is 0 Å². The molecule has 0 radical (unpaired) electrons. The van der Waals surface area contributed by atoms with Crippen molar-refractivity contribution in [2.75, 3.05) is 20.3 Å². The van der Waals surface area contributed by atoms with E-state index in [9.17, 15) is 4.79 Å². The summed E-state index contributed by atoms with van der Waals surface area (Å²) in [6.45, 7) is 1.30. The number of hydrogen-bond acceptors (Lipinski definition) is 4. The molecule has 0 aliphatic rings. The Balaban J connectivity index is 2.05. The molecule has 0 fully saturated rings. The molecule has 1 N–H and O–H groups in total. The SMILES string of the molecule is COCCNC(=O)c1nnn(Cc2ccccc2)c1Cl. The number of ether oxygens (including phenoxy) is 1. The van der Waals surface area contributed by atoms with Crippen LogP contribution in [0.4, 0.5) is 0 Å². The first-order chi connectivity index (χ1) is 9.72. The number of hydrogen-bond donors (Lipinski definition) is 1. The van der Waals surface area contributed by atoms with E-state index in [4.69, 9.17) is 16.3 Å². The van der Waals surface area contributed by atoms with Crippen LogP contribution >= 0.6 is 11.6 Å². The Bertz CT molecular complexity index is 571. The van der Waals surface area contributed by atoms with Gasteiger partial charge in [0.25, 0.3) is 5.91 Å². The van der Waals surface area contributed by atoms with E-state index in [1.54, 1.807) is 7.11 Å². The largest absolute Gasteiger partial charge is 0.383 e. The molecule has 7 heteroatoms. The molecule has 1 heterocycles. The number of carbonyl (C=O) groups is 1. The lowest BCUT2D eigenvalue weighted by Crippen LogP contribution is -2.27. The second-order valence-electron chi connectivity index (χ2n) is 4.12. The van der Waals surface area contributed by atoms with Crippen LogP contribution in [0.3, 0.4) is 0 Å². The minimum Gasteiger partial charge on any atom is -0.383 e. The third-order valence-electron chi connectivity index (χ3n) is 2.66. The van der Waals surface area contributed by atoms with Crippen LogP contribution in [0.2, 0.25) is 5.15 Å². The monoisotopic (exact) mass is 294 g/mol. The van der Waals surface area contributed by atoms with Crippen molar-refractivity contribution in [3.63, 3.8) is 0 Å². The maximum atomic E-state index is 11.8. The van der Waals surface area contributed by atoms with E-state index in [1.807, 2.05) is 30.3 Å². The molecular weight excluding hydrogens is 280 g/mol. The van der Waals surface area contributed by atoms with Gasteiger partial charge in [-0.3, -0.25) is 4.79 Å². The Labute approximate surface area is 121 Å². The lowest BCUT2D eigenvalue weighted by atomic mass is 10.2. The van der Waals surface area contributed by atoms with E-state index in [0.717, 1.165) is 5.56 Å². The fraction of sp³-hybridized carbons (Fsp3) is 0.308. The van der Waals surface area contributed by atoms with Gasteiger partial charge in [0.05, 0.1) is 13.2 Å². The average molecular weight is 295 g/mol. The molecule has 1 aromatic heterocycles. The first kappa shape index (κ1) is 14.5. The molecule has 0 aliphatic heterocycles. The van der Waals surface area contributed by atoms with Crippen molar-refractivity contribution < 1.29 is 9.53 Å². The third-order valence-corrected chi connectivity index (χ3v) is 3.03. The van der Waals surface area contributed by atoms with Gasteiger partial charge in [0.2, 0.25) is 0 Å². The molecule has 0 unspecified atom stereocenters. The summed E-state index contributed by atoms with van der Waals surface area (Å²) in [7, 11) is 1.56. The van der Waals surface area contributed by atoms with Crippen molar-refractivity contribution in [3.05, 3.63) is 46.7 Å². The Morgan fingerprint density at radius 1 is 1.40 bits per heavy atom. The molecule has 0 bridgehead atoms. The molecule has 1 amide bonds. The summed E-state index contributed by atoms with van der Waals surface area (Å²) in [5, 5.41) is 10.6. The van der Waals surface area contributed by atoms with Crippen LogP contribution in [-0.4, -0.2) is 41.2 Å². The van der Waals surface area contributed by atoms with Crippen LogP contribution in [-0.2, 0) is 11.3 Å². The zero-order valence-electron chi connectivity index (χ0n) is 11.0. The molecule has 0 spiro atoms. The second kappa shape index (κ2) is 7.02. The van der Waals surface area contributed by atoms with Crippen molar-refractivity contribution in [1.29, 1.82) is 0 Å². The van der Waals surface area contributed by atoms with Crippen LogP contribution in [0, 0.1) is 0 Å². The third kappa shape index (κ3) is 3.55. The van der Waals surface area contributed by atoms with E-state index in [1.165, 1.54) is 4.68 Å². The highest BCUT2D eigenvalue weighted by Gasteiger charge is 2.17. The van der Waals surface area contributed by atoms with E-state index in [2.05, 4.69) is 15.6 Å². The highest BCUT2D eigenvalue weighted by molar-refractivity contribution is 6.32. The maximum absolute atomic E-state index is 11.8.